The fourth-order valence-corrected chi connectivity index (χ4v) is 3.40. The molecule has 30 heavy (non-hydrogen) atoms. The Labute approximate surface area is 175 Å². The van der Waals surface area contributed by atoms with Gasteiger partial charge < -0.3 is 10.1 Å². The Morgan fingerprint density at radius 1 is 1.10 bits per heavy atom. The fraction of sp³-hybridized carbons (Fsp3) is 0.333. The average Bonchev–Trinajstić information content (AvgIpc) is 3.59. The van der Waals surface area contributed by atoms with E-state index in [2.05, 4.69) is 11.4 Å². The molecule has 6 nitrogen and oxygen atoms in total. The zero-order chi connectivity index (χ0) is 21.9. The average molecular weight is 404 g/mol. The molecule has 1 aliphatic carbocycles. The molecule has 1 aliphatic rings. The molecule has 1 atom stereocenters. The van der Waals surface area contributed by atoms with E-state index in [9.17, 15) is 19.6 Å². The quantitative estimate of drug-likeness (QED) is 0.563. The monoisotopic (exact) mass is 404 g/mol. The standard InChI is InChI=1S/C24H24N2O4/c1-15-8-9-16(2)20(12-15)22(28)18-6-4-5-7-19(18)23(29)30-13-21(27)26-24(3,14-25)17-10-11-17/h4-9,12,17H,10-11,13H2,1-3H3,(H,26,27)/t24-/m1/s1. The summed E-state index contributed by atoms with van der Waals surface area (Å²) in [4.78, 5) is 37.9. The predicted molar refractivity (Wildman–Crippen MR) is 111 cm³/mol. The third-order valence-electron chi connectivity index (χ3n) is 5.39. The van der Waals surface area contributed by atoms with Crippen LogP contribution in [0.4, 0.5) is 0 Å². The molecule has 1 amide bonds. The van der Waals surface area contributed by atoms with E-state index in [0.29, 0.717) is 5.56 Å². The number of benzene rings is 2. The summed E-state index contributed by atoms with van der Waals surface area (Å²) >= 11 is 0. The highest BCUT2D eigenvalue weighted by Crippen LogP contribution is 2.39. The van der Waals surface area contributed by atoms with Crippen LogP contribution >= 0.6 is 0 Å². The van der Waals surface area contributed by atoms with Crippen molar-refractivity contribution in [3.8, 4) is 6.07 Å². The number of nitrogens with one attached hydrogen (secondary N) is 1. The van der Waals surface area contributed by atoms with Gasteiger partial charge in [-0.15, -0.1) is 0 Å². The number of carbonyl (C=O) groups is 3. The number of nitrogens with zero attached hydrogens (tertiary/aromatic N) is 1. The Bertz CT molecular complexity index is 1050. The second kappa shape index (κ2) is 8.50. The van der Waals surface area contributed by atoms with Crippen molar-refractivity contribution >= 4 is 17.7 Å². The number of aryl methyl sites for hydroxylation is 2. The molecule has 2 aromatic rings. The number of carbonyl (C=O) groups excluding carboxylic acids is 3. The summed E-state index contributed by atoms with van der Waals surface area (Å²) in [6, 6.07) is 14.1. The number of esters is 1. The molecular weight excluding hydrogens is 380 g/mol. The first-order valence-electron chi connectivity index (χ1n) is 9.85. The first kappa shape index (κ1) is 21.3. The lowest BCUT2D eigenvalue weighted by Gasteiger charge is -2.22. The van der Waals surface area contributed by atoms with Gasteiger partial charge in [-0.2, -0.15) is 5.26 Å². The first-order chi connectivity index (χ1) is 14.2. The van der Waals surface area contributed by atoms with Crippen molar-refractivity contribution in [2.45, 2.75) is 39.2 Å². The van der Waals surface area contributed by atoms with Crippen LogP contribution in [0.2, 0.25) is 0 Å². The molecular formula is C24H24N2O4. The molecule has 0 aromatic heterocycles. The van der Waals surface area contributed by atoms with E-state index >= 15 is 0 Å². The van der Waals surface area contributed by atoms with Gasteiger partial charge in [-0.05, 0) is 57.2 Å². The first-order valence-corrected chi connectivity index (χ1v) is 9.85. The fourth-order valence-electron chi connectivity index (χ4n) is 3.40. The molecule has 2 aromatic carbocycles. The summed E-state index contributed by atoms with van der Waals surface area (Å²) in [6.07, 6.45) is 1.77. The van der Waals surface area contributed by atoms with Gasteiger partial charge in [0.1, 0.15) is 5.54 Å². The van der Waals surface area contributed by atoms with Gasteiger partial charge in [0.25, 0.3) is 5.91 Å². The molecule has 1 N–H and O–H groups in total. The highest BCUT2D eigenvalue weighted by atomic mass is 16.5. The molecule has 1 fully saturated rings. The van der Waals surface area contributed by atoms with Gasteiger partial charge in [-0.25, -0.2) is 4.79 Å². The van der Waals surface area contributed by atoms with Crippen LogP contribution in [0, 0.1) is 31.1 Å². The van der Waals surface area contributed by atoms with E-state index < -0.39 is 24.0 Å². The Balaban J connectivity index is 1.73. The number of nitriles is 1. The summed E-state index contributed by atoms with van der Waals surface area (Å²) < 4.78 is 5.15. The van der Waals surface area contributed by atoms with Crippen LogP contribution in [-0.2, 0) is 9.53 Å². The van der Waals surface area contributed by atoms with E-state index in [1.54, 1.807) is 31.2 Å². The Morgan fingerprint density at radius 3 is 2.40 bits per heavy atom. The van der Waals surface area contributed by atoms with Crippen molar-refractivity contribution < 1.29 is 19.1 Å². The number of rotatable bonds is 7. The Morgan fingerprint density at radius 2 is 1.77 bits per heavy atom. The van der Waals surface area contributed by atoms with Crippen molar-refractivity contribution in [2.75, 3.05) is 6.61 Å². The van der Waals surface area contributed by atoms with Crippen LogP contribution in [0.3, 0.4) is 0 Å². The van der Waals surface area contributed by atoms with Crippen LogP contribution in [0.1, 0.15) is 57.2 Å². The molecule has 0 unspecified atom stereocenters. The van der Waals surface area contributed by atoms with Crippen molar-refractivity contribution in [3.05, 3.63) is 70.3 Å². The highest BCUT2D eigenvalue weighted by Gasteiger charge is 2.43. The summed E-state index contributed by atoms with van der Waals surface area (Å²) in [5.74, 6) is -1.46. The highest BCUT2D eigenvalue weighted by molar-refractivity contribution is 6.15. The summed E-state index contributed by atoms with van der Waals surface area (Å²) in [5.41, 5.74) is 1.63. The maximum atomic E-state index is 13.1. The van der Waals surface area contributed by atoms with Crippen LogP contribution < -0.4 is 5.32 Å². The van der Waals surface area contributed by atoms with Gasteiger partial charge in [0.15, 0.2) is 12.4 Å². The van der Waals surface area contributed by atoms with Gasteiger partial charge in [0, 0.05) is 11.1 Å². The smallest absolute Gasteiger partial charge is 0.339 e. The summed E-state index contributed by atoms with van der Waals surface area (Å²) in [5, 5.41) is 12.0. The molecule has 0 heterocycles. The molecule has 0 saturated heterocycles. The Kier molecular flexibility index (Phi) is 6.02. The lowest BCUT2D eigenvalue weighted by Crippen LogP contribution is -2.48. The van der Waals surface area contributed by atoms with Crippen molar-refractivity contribution in [3.63, 3.8) is 0 Å². The van der Waals surface area contributed by atoms with Crippen molar-refractivity contribution in [1.82, 2.24) is 5.32 Å². The molecule has 6 heteroatoms. The van der Waals surface area contributed by atoms with E-state index in [1.807, 2.05) is 26.0 Å². The SMILES string of the molecule is Cc1ccc(C)c(C(=O)c2ccccc2C(=O)OCC(=O)N[C@](C)(C#N)C2CC2)c1. The molecule has 0 bridgehead atoms. The number of hydrogen-bond acceptors (Lipinski definition) is 5. The summed E-state index contributed by atoms with van der Waals surface area (Å²) in [7, 11) is 0. The lowest BCUT2D eigenvalue weighted by molar-refractivity contribution is -0.125. The van der Waals surface area contributed by atoms with Crippen LogP contribution in [0.25, 0.3) is 0 Å². The summed E-state index contributed by atoms with van der Waals surface area (Å²) in [6.45, 7) is 4.88. The zero-order valence-corrected chi connectivity index (χ0v) is 17.3. The minimum absolute atomic E-state index is 0.0986. The van der Waals surface area contributed by atoms with E-state index in [1.165, 1.54) is 6.07 Å². The van der Waals surface area contributed by atoms with Crippen LogP contribution in [0.15, 0.2) is 42.5 Å². The predicted octanol–water partition coefficient (Wildman–Crippen LogP) is 3.50. The van der Waals surface area contributed by atoms with Gasteiger partial charge >= 0.3 is 5.97 Å². The van der Waals surface area contributed by atoms with E-state index in [0.717, 1.165) is 24.0 Å². The van der Waals surface area contributed by atoms with Crippen LogP contribution in [0.5, 0.6) is 0 Å². The van der Waals surface area contributed by atoms with Gasteiger partial charge in [-0.3, -0.25) is 9.59 Å². The van der Waals surface area contributed by atoms with Gasteiger partial charge in [0.05, 0.1) is 11.6 Å². The van der Waals surface area contributed by atoms with E-state index in [4.69, 9.17) is 4.74 Å². The van der Waals surface area contributed by atoms with E-state index in [-0.39, 0.29) is 22.8 Å². The second-order valence-electron chi connectivity index (χ2n) is 7.91. The van der Waals surface area contributed by atoms with Crippen molar-refractivity contribution in [2.24, 2.45) is 5.92 Å². The molecule has 0 radical (unpaired) electrons. The number of ether oxygens (including phenoxy) is 1. The zero-order valence-electron chi connectivity index (χ0n) is 17.3. The molecule has 154 valence electrons. The third-order valence-corrected chi connectivity index (χ3v) is 5.39. The maximum Gasteiger partial charge on any atom is 0.339 e. The Hall–Kier alpha value is -3.46. The second-order valence-corrected chi connectivity index (χ2v) is 7.91. The lowest BCUT2D eigenvalue weighted by atomic mass is 9.94. The minimum Gasteiger partial charge on any atom is -0.452 e. The number of amides is 1. The largest absolute Gasteiger partial charge is 0.452 e. The van der Waals surface area contributed by atoms with Gasteiger partial charge in [-0.1, -0.05) is 35.9 Å². The number of ketones is 1. The molecule has 0 aliphatic heterocycles. The molecule has 1 saturated carbocycles. The minimum atomic E-state index is -0.958. The maximum absolute atomic E-state index is 13.1. The van der Waals surface area contributed by atoms with Crippen LogP contribution in [-0.4, -0.2) is 29.8 Å². The number of hydrogen-bond donors (Lipinski definition) is 1. The van der Waals surface area contributed by atoms with Gasteiger partial charge in [0.2, 0.25) is 0 Å². The topological polar surface area (TPSA) is 96.3 Å². The third kappa shape index (κ3) is 4.57. The molecule has 3 rings (SSSR count). The normalized spacial score (nSPS) is 14.9. The van der Waals surface area contributed by atoms with Crippen molar-refractivity contribution in [1.29, 1.82) is 5.26 Å². The molecule has 0 spiro atoms.